The molecule has 1 amide bonds. The quantitative estimate of drug-likeness (QED) is 0.401. The number of nitrogens with zero attached hydrogens (tertiary/aromatic N) is 2. The second-order valence-electron chi connectivity index (χ2n) is 13.0. The van der Waals surface area contributed by atoms with Crippen LogP contribution in [-0.4, -0.2) is 101 Å². The number of aliphatic hydroxyl groups is 1. The Bertz CT molecular complexity index is 1440. The molecular formula is C30H36F3N3O8. The number of ketones is 4. The van der Waals surface area contributed by atoms with Crippen molar-refractivity contribution in [3.63, 3.8) is 0 Å². The number of primary amides is 1. The Morgan fingerprint density at radius 2 is 1.86 bits per heavy atom. The summed E-state index contributed by atoms with van der Waals surface area (Å²) in [5.41, 5.74) is -0.171. The number of phenolic OH excluding ortho intramolecular Hbond substituents is 1. The number of halogens is 3. The van der Waals surface area contributed by atoms with E-state index in [0.717, 1.165) is 6.07 Å². The lowest BCUT2D eigenvalue weighted by atomic mass is 9.52. The van der Waals surface area contributed by atoms with Crippen LogP contribution in [0.15, 0.2) is 6.07 Å². The van der Waals surface area contributed by atoms with Crippen molar-refractivity contribution in [2.24, 2.45) is 35.3 Å². The standard InChI is InChI=1S/C30H36F3N3O8/c1-12(2)10-36-5-6-44-11-17(36)14-9-18(37)20-15(22(14)30(31,32)33)7-13-8-16-23(35(3)4)25(39)21(28(34)42)27(41)29(16,43)26(40)19(13)24(20)38/h9,12-13,16-17,19,21,23,37,43H,5-8,10-11H2,1-4H3,(H2,34,42). The lowest BCUT2D eigenvalue weighted by Gasteiger charge is -2.52. The Hall–Kier alpha value is -3.20. The van der Waals surface area contributed by atoms with Crippen LogP contribution in [0.2, 0.25) is 0 Å². The van der Waals surface area contributed by atoms with Gasteiger partial charge in [-0.25, -0.2) is 0 Å². The Morgan fingerprint density at radius 1 is 1.20 bits per heavy atom. The van der Waals surface area contributed by atoms with Gasteiger partial charge in [0, 0.05) is 19.0 Å². The van der Waals surface area contributed by atoms with Gasteiger partial charge in [0.2, 0.25) is 5.91 Å². The topological polar surface area (TPSA) is 168 Å². The van der Waals surface area contributed by atoms with E-state index in [0.29, 0.717) is 19.7 Å². The van der Waals surface area contributed by atoms with Gasteiger partial charge in [0.05, 0.1) is 42.3 Å². The molecule has 240 valence electrons. The minimum Gasteiger partial charge on any atom is -0.507 e. The number of hydrogen-bond acceptors (Lipinski definition) is 10. The zero-order valence-corrected chi connectivity index (χ0v) is 24.8. The number of Topliss-reactive ketones (excluding diaryl/α,β-unsaturated/α-hetero) is 4. The van der Waals surface area contributed by atoms with Crippen molar-refractivity contribution >= 4 is 29.0 Å². The third kappa shape index (κ3) is 4.77. The van der Waals surface area contributed by atoms with Crippen LogP contribution in [-0.2, 0) is 36.5 Å². The highest BCUT2D eigenvalue weighted by Gasteiger charge is 2.69. The molecule has 3 fully saturated rings. The van der Waals surface area contributed by atoms with Gasteiger partial charge < -0.3 is 20.7 Å². The number of phenols is 1. The number of carbonyl (C=O) groups is 5. The number of amides is 1. The summed E-state index contributed by atoms with van der Waals surface area (Å²) in [7, 11) is 2.85. The largest absolute Gasteiger partial charge is 0.507 e. The SMILES string of the molecule is CC(C)CN1CCOCC1c1cc(O)c2c(c1C(F)(F)F)CC1CC3C(N(C)C)C(=O)C(C(N)=O)C(=O)C3(O)C(=O)C1C2=O. The van der Waals surface area contributed by atoms with E-state index < -0.39 is 105 Å². The monoisotopic (exact) mass is 623 g/mol. The van der Waals surface area contributed by atoms with Crippen LogP contribution in [0.5, 0.6) is 5.75 Å². The Balaban J connectivity index is 1.67. The van der Waals surface area contributed by atoms with E-state index in [1.807, 2.05) is 18.7 Å². The molecular weight excluding hydrogens is 587 g/mol. The Kier molecular flexibility index (Phi) is 8.05. The fraction of sp³-hybridized carbons (Fsp3) is 0.633. The van der Waals surface area contributed by atoms with E-state index >= 15 is 0 Å². The van der Waals surface area contributed by atoms with E-state index in [1.165, 1.54) is 19.0 Å². The normalized spacial score (nSPS) is 33.0. The average Bonchev–Trinajstić information content (AvgIpc) is 2.89. The smallest absolute Gasteiger partial charge is 0.417 e. The first-order chi connectivity index (χ1) is 20.4. The van der Waals surface area contributed by atoms with Crippen LogP contribution < -0.4 is 5.73 Å². The summed E-state index contributed by atoms with van der Waals surface area (Å²) in [4.78, 5) is 69.8. The number of fused-ring (bicyclic) bond motifs is 3. The molecule has 0 aromatic heterocycles. The summed E-state index contributed by atoms with van der Waals surface area (Å²) in [6.45, 7) is 4.91. The molecule has 0 radical (unpaired) electrons. The van der Waals surface area contributed by atoms with Gasteiger partial charge >= 0.3 is 6.18 Å². The fourth-order valence-corrected chi connectivity index (χ4v) is 7.92. The van der Waals surface area contributed by atoms with Gasteiger partial charge in [-0.05, 0) is 56.0 Å². The van der Waals surface area contributed by atoms with E-state index in [9.17, 15) is 47.4 Å². The van der Waals surface area contributed by atoms with Gasteiger partial charge in [0.1, 0.15) is 5.75 Å². The van der Waals surface area contributed by atoms with Crippen molar-refractivity contribution in [2.75, 3.05) is 40.4 Å². The molecule has 3 aliphatic carbocycles. The lowest BCUT2D eigenvalue weighted by molar-refractivity contribution is -0.181. The Labute approximate surface area is 251 Å². The van der Waals surface area contributed by atoms with Gasteiger partial charge in [-0.1, -0.05) is 13.8 Å². The highest BCUT2D eigenvalue weighted by atomic mass is 19.4. The molecule has 4 N–H and O–H groups in total. The highest BCUT2D eigenvalue weighted by molar-refractivity contribution is 6.32. The molecule has 44 heavy (non-hydrogen) atoms. The highest BCUT2D eigenvalue weighted by Crippen LogP contribution is 2.53. The lowest BCUT2D eigenvalue weighted by Crippen LogP contribution is -2.74. The van der Waals surface area contributed by atoms with Gasteiger partial charge in [-0.3, -0.25) is 33.8 Å². The number of hydrogen-bond donors (Lipinski definition) is 3. The number of alkyl halides is 3. The predicted molar refractivity (Wildman–Crippen MR) is 146 cm³/mol. The summed E-state index contributed by atoms with van der Waals surface area (Å²) < 4.78 is 50.4. The first kappa shape index (κ1) is 32.2. The summed E-state index contributed by atoms with van der Waals surface area (Å²) in [5, 5.41) is 22.7. The molecule has 2 saturated carbocycles. The van der Waals surface area contributed by atoms with E-state index in [-0.39, 0.29) is 24.5 Å². The molecule has 0 spiro atoms. The van der Waals surface area contributed by atoms with Gasteiger partial charge in [0.15, 0.2) is 34.7 Å². The van der Waals surface area contributed by atoms with Crippen LogP contribution in [0.1, 0.15) is 53.4 Å². The molecule has 1 saturated heterocycles. The summed E-state index contributed by atoms with van der Waals surface area (Å²) in [6, 6.07) is -1.34. The number of rotatable bonds is 5. The number of morpholine rings is 1. The van der Waals surface area contributed by atoms with Crippen molar-refractivity contribution in [1.82, 2.24) is 9.80 Å². The number of carbonyl (C=O) groups excluding carboxylic acids is 5. The minimum absolute atomic E-state index is 0.0720. The van der Waals surface area contributed by atoms with E-state index in [4.69, 9.17) is 10.5 Å². The maximum Gasteiger partial charge on any atom is 0.417 e. The number of nitrogens with two attached hydrogens (primary N) is 1. The molecule has 1 heterocycles. The molecule has 14 heteroatoms. The molecule has 1 aliphatic heterocycles. The van der Waals surface area contributed by atoms with Gasteiger partial charge in [-0.15, -0.1) is 0 Å². The fourth-order valence-electron chi connectivity index (χ4n) is 7.92. The molecule has 7 atom stereocenters. The molecule has 7 unspecified atom stereocenters. The second kappa shape index (κ2) is 11.0. The first-order valence-corrected chi connectivity index (χ1v) is 14.5. The number of aromatic hydroxyl groups is 1. The minimum atomic E-state index is -4.96. The maximum atomic E-state index is 15.0. The zero-order chi connectivity index (χ0) is 32.6. The molecule has 5 rings (SSSR count). The van der Waals surface area contributed by atoms with Gasteiger partial charge in [0.25, 0.3) is 0 Å². The van der Waals surface area contributed by atoms with Crippen LogP contribution in [0.25, 0.3) is 0 Å². The number of benzene rings is 1. The van der Waals surface area contributed by atoms with Crippen LogP contribution in [0.3, 0.4) is 0 Å². The van der Waals surface area contributed by atoms with Gasteiger partial charge in [-0.2, -0.15) is 13.2 Å². The van der Waals surface area contributed by atoms with Crippen LogP contribution in [0.4, 0.5) is 13.2 Å². The van der Waals surface area contributed by atoms with Crippen LogP contribution in [0, 0.1) is 29.6 Å². The maximum absolute atomic E-state index is 15.0. The van der Waals surface area contributed by atoms with E-state index in [2.05, 4.69) is 0 Å². The molecule has 1 aromatic carbocycles. The van der Waals surface area contributed by atoms with Crippen molar-refractivity contribution in [2.45, 2.75) is 50.6 Å². The Morgan fingerprint density at radius 3 is 2.43 bits per heavy atom. The molecule has 1 aromatic rings. The van der Waals surface area contributed by atoms with Crippen molar-refractivity contribution in [3.05, 3.63) is 28.3 Å². The predicted octanol–water partition coefficient (Wildman–Crippen LogP) is 0.915. The second-order valence-corrected chi connectivity index (χ2v) is 13.0. The number of likely N-dealkylation sites (N-methyl/N-ethyl adjacent to an activating group) is 1. The third-order valence-corrected chi connectivity index (χ3v) is 9.58. The third-order valence-electron chi connectivity index (χ3n) is 9.58. The van der Waals surface area contributed by atoms with Crippen molar-refractivity contribution < 1.29 is 52.1 Å². The molecule has 4 aliphatic rings. The van der Waals surface area contributed by atoms with Crippen LogP contribution >= 0.6 is 0 Å². The summed E-state index contributed by atoms with van der Waals surface area (Å²) in [5.74, 6) is -13.4. The van der Waals surface area contributed by atoms with E-state index in [1.54, 1.807) is 0 Å². The molecule has 0 bridgehead atoms. The zero-order valence-electron chi connectivity index (χ0n) is 24.8. The molecule has 11 nitrogen and oxygen atoms in total. The summed E-state index contributed by atoms with van der Waals surface area (Å²) in [6.07, 6.45) is -5.80. The first-order valence-electron chi connectivity index (χ1n) is 14.5. The summed E-state index contributed by atoms with van der Waals surface area (Å²) >= 11 is 0. The van der Waals surface area contributed by atoms with Crippen molar-refractivity contribution in [1.29, 1.82) is 0 Å². The average molecular weight is 624 g/mol. The number of ether oxygens (including phenoxy) is 1. The van der Waals surface area contributed by atoms with Crippen molar-refractivity contribution in [3.8, 4) is 5.75 Å².